The predicted molar refractivity (Wildman–Crippen MR) is 200 cm³/mol. The van der Waals surface area contributed by atoms with Crippen LogP contribution in [0.3, 0.4) is 0 Å². The molecule has 1 saturated heterocycles. The van der Waals surface area contributed by atoms with Crippen molar-refractivity contribution >= 4 is 40.1 Å². The Kier molecular flexibility index (Phi) is 8.40. The number of carbonyl (C=O) groups excluding carboxylic acids is 2. The van der Waals surface area contributed by atoms with Crippen LogP contribution in [0.5, 0.6) is 17.2 Å². The molecule has 14 nitrogen and oxygen atoms in total. The molecule has 4 atom stereocenters. The Morgan fingerprint density at radius 2 is 1.73 bits per heavy atom. The van der Waals surface area contributed by atoms with Crippen molar-refractivity contribution in [3.05, 3.63) is 119 Å². The topological polar surface area (TPSA) is 160 Å². The Bertz CT molecular complexity index is 2710. The quantitative estimate of drug-likeness (QED) is 0.191. The number of aryl methyl sites for hydroxylation is 3. The first-order chi connectivity index (χ1) is 26.2. The molecule has 2 fully saturated rings. The van der Waals surface area contributed by atoms with Crippen LogP contribution < -0.4 is 31.3 Å². The molecule has 5 aromatic rings. The molecule has 1 saturated carbocycles. The number of allylic oxidation sites excluding steroid dienone is 2. The molecule has 55 heavy (non-hydrogen) atoms. The third kappa shape index (κ3) is 5.19. The average Bonchev–Trinajstić information content (AvgIpc) is 3.53. The van der Waals surface area contributed by atoms with Gasteiger partial charge >= 0.3 is 11.4 Å². The molecule has 4 heterocycles. The fraction of sp³-hybridized carbons (Fsp3) is 0.333. The summed E-state index contributed by atoms with van der Waals surface area (Å²) in [7, 11) is 4.57. The molecule has 0 spiro atoms. The van der Waals surface area contributed by atoms with E-state index in [2.05, 4.69) is 4.98 Å². The third-order valence-corrected chi connectivity index (χ3v) is 11.8. The number of aromatic nitrogens is 5. The van der Waals surface area contributed by atoms with E-state index in [0.717, 1.165) is 15.5 Å². The zero-order valence-electron chi connectivity index (χ0n) is 30.5. The Labute approximate surface area is 317 Å². The van der Waals surface area contributed by atoms with Gasteiger partial charge in [0.25, 0.3) is 5.56 Å². The lowest BCUT2D eigenvalue weighted by atomic mass is 9.56. The standard InChI is InChI=1S/C39H36ClFN6O8/c1-19-14-20(6-9-30(19)48)33-22-10-13-45-37(52)44(12-11-26-35(50)43(3)29-18-32(55-5)31(54-4)17-27(29)42-26)38(53)47(45)28(22)16-23-34(49)46(36(51)39(23,33)2)21-7-8-25(41)24(40)15-21/h6-10,14-15,17-18,23,28,33,48H,11-13,16H2,1-5H3/t23-,28+,33-,39+/m0/s1. The van der Waals surface area contributed by atoms with E-state index < -0.39 is 57.9 Å². The number of phenolic OH excluding ortho intramolecular Hbond substituents is 1. The van der Waals surface area contributed by atoms with Crippen LogP contribution in [0.15, 0.2) is 74.6 Å². The van der Waals surface area contributed by atoms with Crippen molar-refractivity contribution in [1.29, 1.82) is 0 Å². The highest BCUT2D eigenvalue weighted by atomic mass is 35.5. The molecule has 1 aliphatic carbocycles. The summed E-state index contributed by atoms with van der Waals surface area (Å²) < 4.78 is 30.1. The van der Waals surface area contributed by atoms with Gasteiger partial charge in [0.15, 0.2) is 11.5 Å². The Morgan fingerprint density at radius 1 is 1.00 bits per heavy atom. The number of aromatic hydroxyl groups is 1. The molecule has 1 N–H and O–H groups in total. The van der Waals surface area contributed by atoms with Gasteiger partial charge in [-0.25, -0.2) is 37.8 Å². The number of benzene rings is 3. The van der Waals surface area contributed by atoms with Crippen LogP contribution in [0.1, 0.15) is 42.1 Å². The fourth-order valence-corrected chi connectivity index (χ4v) is 8.89. The van der Waals surface area contributed by atoms with Crippen LogP contribution in [-0.2, 0) is 36.1 Å². The molecular formula is C39H36ClFN6O8. The highest BCUT2D eigenvalue weighted by Gasteiger charge is 2.65. The summed E-state index contributed by atoms with van der Waals surface area (Å²) in [5.74, 6) is -2.61. The van der Waals surface area contributed by atoms with E-state index in [9.17, 15) is 33.5 Å². The van der Waals surface area contributed by atoms with E-state index in [1.165, 1.54) is 46.3 Å². The molecule has 8 rings (SSSR count). The summed E-state index contributed by atoms with van der Waals surface area (Å²) in [5.41, 5.74) is 0.0212. The lowest BCUT2D eigenvalue weighted by molar-refractivity contribution is -0.129. The number of methoxy groups -OCH3 is 2. The first kappa shape index (κ1) is 36.0. The van der Waals surface area contributed by atoms with Crippen LogP contribution in [0, 0.1) is 24.1 Å². The van der Waals surface area contributed by atoms with Crippen LogP contribution in [-0.4, -0.2) is 54.6 Å². The minimum absolute atomic E-state index is 0.00173. The summed E-state index contributed by atoms with van der Waals surface area (Å²) in [4.78, 5) is 76.3. The fourth-order valence-electron chi connectivity index (χ4n) is 8.71. The minimum atomic E-state index is -1.37. The first-order valence-corrected chi connectivity index (χ1v) is 18.0. The number of rotatable bonds is 7. The number of imide groups is 1. The summed E-state index contributed by atoms with van der Waals surface area (Å²) in [6.45, 7) is 3.27. The molecule has 2 aliphatic heterocycles. The SMILES string of the molecule is COc1cc2nc(CCn3c(=O)n4n(c3=O)[C@@H]3C[C@H]5C(=O)N(c6ccc(F)c(Cl)c6)C(=O)[C@@]5(C)[C@@H](c5ccc(O)c(C)c5)C3=CC4)c(=O)n(C)c2cc1OC. The number of ether oxygens (including phenoxy) is 2. The Balaban J connectivity index is 1.21. The van der Waals surface area contributed by atoms with Gasteiger partial charge in [-0.3, -0.25) is 14.4 Å². The summed E-state index contributed by atoms with van der Waals surface area (Å²) in [5, 5.41) is 10.2. The normalized spacial score (nSPS) is 21.7. The predicted octanol–water partition coefficient (Wildman–Crippen LogP) is 3.99. The van der Waals surface area contributed by atoms with Crippen LogP contribution in [0.25, 0.3) is 11.0 Å². The number of hydrogen-bond donors (Lipinski definition) is 1. The number of hydrogen-bond acceptors (Lipinski definition) is 9. The zero-order chi connectivity index (χ0) is 39.2. The van der Waals surface area contributed by atoms with Crippen molar-refractivity contribution < 1.29 is 28.6 Å². The Hall–Kier alpha value is -5.96. The molecule has 0 radical (unpaired) electrons. The van der Waals surface area contributed by atoms with Crippen molar-refractivity contribution in [3.8, 4) is 17.2 Å². The minimum Gasteiger partial charge on any atom is -0.508 e. The average molecular weight is 771 g/mol. The molecular weight excluding hydrogens is 735 g/mol. The number of carbonyl (C=O) groups is 2. The smallest absolute Gasteiger partial charge is 0.347 e. The Morgan fingerprint density at radius 3 is 2.42 bits per heavy atom. The first-order valence-electron chi connectivity index (χ1n) is 17.6. The van der Waals surface area contributed by atoms with Crippen LogP contribution >= 0.6 is 11.6 Å². The van der Waals surface area contributed by atoms with Crippen molar-refractivity contribution in [1.82, 2.24) is 23.5 Å². The molecule has 284 valence electrons. The van der Waals surface area contributed by atoms with Gasteiger partial charge < -0.3 is 19.1 Å². The van der Waals surface area contributed by atoms with E-state index in [0.29, 0.717) is 39.2 Å². The van der Waals surface area contributed by atoms with Gasteiger partial charge in [0, 0.05) is 38.1 Å². The molecule has 3 aromatic carbocycles. The molecule has 2 aromatic heterocycles. The maximum atomic E-state index is 14.6. The van der Waals surface area contributed by atoms with E-state index in [4.69, 9.17) is 21.1 Å². The van der Waals surface area contributed by atoms with Gasteiger partial charge in [-0.15, -0.1) is 0 Å². The number of nitrogens with zero attached hydrogens (tertiary/aromatic N) is 6. The van der Waals surface area contributed by atoms with Crippen molar-refractivity contribution in [2.45, 2.75) is 51.7 Å². The maximum Gasteiger partial charge on any atom is 0.347 e. The summed E-state index contributed by atoms with van der Waals surface area (Å²) in [6.07, 6.45) is 1.79. The molecule has 16 heteroatoms. The number of halogens is 2. The van der Waals surface area contributed by atoms with Crippen LogP contribution in [0.2, 0.25) is 5.02 Å². The number of amides is 2. The molecule has 0 bridgehead atoms. The number of anilines is 1. The monoisotopic (exact) mass is 770 g/mol. The van der Waals surface area contributed by atoms with E-state index in [1.807, 2.05) is 6.08 Å². The van der Waals surface area contributed by atoms with Crippen molar-refractivity contribution in [2.75, 3.05) is 19.1 Å². The highest BCUT2D eigenvalue weighted by molar-refractivity contribution is 6.31. The highest BCUT2D eigenvalue weighted by Crippen LogP contribution is 2.61. The van der Waals surface area contributed by atoms with Gasteiger partial charge in [-0.05, 0) is 61.2 Å². The number of fused-ring (bicyclic) bond motifs is 5. The second-order valence-corrected chi connectivity index (χ2v) is 14.8. The van der Waals surface area contributed by atoms with Crippen molar-refractivity contribution in [3.63, 3.8) is 0 Å². The van der Waals surface area contributed by atoms with Gasteiger partial charge in [-0.2, -0.15) is 0 Å². The molecule has 0 unspecified atom stereocenters. The molecule has 3 aliphatic rings. The third-order valence-electron chi connectivity index (χ3n) is 11.6. The largest absolute Gasteiger partial charge is 0.508 e. The zero-order valence-corrected chi connectivity index (χ0v) is 31.3. The van der Waals surface area contributed by atoms with Gasteiger partial charge in [0.2, 0.25) is 11.8 Å². The summed E-state index contributed by atoms with van der Waals surface area (Å²) >= 11 is 6.09. The lowest BCUT2D eigenvalue weighted by Crippen LogP contribution is -2.49. The second kappa shape index (κ2) is 12.8. The van der Waals surface area contributed by atoms with Crippen molar-refractivity contribution in [2.24, 2.45) is 18.4 Å². The van der Waals surface area contributed by atoms with E-state index in [1.54, 1.807) is 45.2 Å². The number of phenols is 1. The molecule has 2 amide bonds. The van der Waals surface area contributed by atoms with Gasteiger partial charge in [0.1, 0.15) is 17.3 Å². The van der Waals surface area contributed by atoms with E-state index in [-0.39, 0.29) is 48.1 Å². The van der Waals surface area contributed by atoms with E-state index >= 15 is 0 Å². The summed E-state index contributed by atoms with van der Waals surface area (Å²) in [6, 6.07) is 11.1. The van der Waals surface area contributed by atoms with Gasteiger partial charge in [0.05, 0.1) is 59.9 Å². The second-order valence-electron chi connectivity index (χ2n) is 14.4. The lowest BCUT2D eigenvalue weighted by Gasteiger charge is -2.47. The maximum absolute atomic E-state index is 14.6. The van der Waals surface area contributed by atoms with Crippen LogP contribution in [0.4, 0.5) is 10.1 Å². The van der Waals surface area contributed by atoms with Gasteiger partial charge in [-0.1, -0.05) is 29.8 Å².